The number of carbonyl (C=O) groups excluding carboxylic acids is 1. The first-order valence-corrected chi connectivity index (χ1v) is 5.92. The second-order valence-electron chi connectivity index (χ2n) is 3.86. The van der Waals surface area contributed by atoms with Gasteiger partial charge in [-0.1, -0.05) is 37.8 Å². The lowest BCUT2D eigenvalue weighted by Crippen LogP contribution is -2.07. The van der Waals surface area contributed by atoms with E-state index < -0.39 is 0 Å². The van der Waals surface area contributed by atoms with E-state index >= 15 is 0 Å². The third-order valence-corrected chi connectivity index (χ3v) is 3.05. The van der Waals surface area contributed by atoms with Crippen LogP contribution in [0.2, 0.25) is 0 Å². The van der Waals surface area contributed by atoms with Crippen molar-refractivity contribution in [1.82, 2.24) is 0 Å². The average Bonchev–Trinajstić information content (AvgIpc) is 2.04. The van der Waals surface area contributed by atoms with Gasteiger partial charge in [0.2, 0.25) is 0 Å². The first-order chi connectivity index (χ1) is 6.18. The highest BCUT2D eigenvalue weighted by atomic mass is 32.2. The molecule has 13 heavy (non-hydrogen) atoms. The van der Waals surface area contributed by atoms with Gasteiger partial charge in [-0.05, 0) is 25.2 Å². The van der Waals surface area contributed by atoms with Crippen molar-refractivity contribution in [1.29, 1.82) is 0 Å². The molecule has 1 aliphatic rings. The van der Waals surface area contributed by atoms with Crippen LogP contribution >= 0.6 is 11.8 Å². The van der Waals surface area contributed by atoms with E-state index in [9.17, 15) is 4.79 Å². The number of hydrogen-bond donors (Lipinski definition) is 0. The fourth-order valence-corrected chi connectivity index (χ4v) is 2.41. The van der Waals surface area contributed by atoms with Crippen molar-refractivity contribution in [3.8, 4) is 0 Å². The van der Waals surface area contributed by atoms with Crippen LogP contribution in [0.5, 0.6) is 0 Å². The molecule has 0 spiro atoms. The zero-order chi connectivity index (χ0) is 9.68. The minimum absolute atomic E-state index is 0.353. The zero-order valence-corrected chi connectivity index (χ0v) is 9.27. The Bertz CT molecular complexity index is 196. The van der Waals surface area contributed by atoms with Crippen LogP contribution in [0.3, 0.4) is 0 Å². The molecule has 0 bridgehead atoms. The Morgan fingerprint density at radius 2 is 2.38 bits per heavy atom. The predicted octanol–water partition coefficient (Wildman–Crippen LogP) is 3.40. The van der Waals surface area contributed by atoms with Gasteiger partial charge in [0.25, 0.3) is 0 Å². The topological polar surface area (TPSA) is 17.1 Å². The van der Waals surface area contributed by atoms with Gasteiger partial charge in [-0.15, -0.1) is 0 Å². The predicted molar refractivity (Wildman–Crippen MR) is 58.8 cm³/mol. The van der Waals surface area contributed by atoms with Crippen molar-refractivity contribution in [3.63, 3.8) is 0 Å². The van der Waals surface area contributed by atoms with Gasteiger partial charge < -0.3 is 0 Å². The van der Waals surface area contributed by atoms with Crippen LogP contribution in [0.15, 0.2) is 12.2 Å². The summed E-state index contributed by atoms with van der Waals surface area (Å²) in [6, 6.07) is 0. The largest absolute Gasteiger partial charge is 0.287 e. The first kappa shape index (κ1) is 10.8. The standard InChI is InChI=1S/C11H18OS/c1-9(2)13-11(12)8-10-6-4-3-5-7-10/h4,6,9-10H,3,5,7-8H2,1-2H3/t10-/m0/s1. The van der Waals surface area contributed by atoms with Gasteiger partial charge in [-0.2, -0.15) is 0 Å². The summed E-state index contributed by atoms with van der Waals surface area (Å²) in [7, 11) is 0. The van der Waals surface area contributed by atoms with E-state index in [1.165, 1.54) is 31.0 Å². The molecule has 0 saturated heterocycles. The smallest absolute Gasteiger partial charge is 0.189 e. The van der Waals surface area contributed by atoms with Crippen molar-refractivity contribution < 1.29 is 4.79 Å². The molecule has 0 amide bonds. The number of thioether (sulfide) groups is 1. The maximum atomic E-state index is 11.5. The minimum atomic E-state index is 0.353. The Balaban J connectivity index is 2.26. The molecule has 1 rings (SSSR count). The molecule has 2 heteroatoms. The number of carbonyl (C=O) groups is 1. The summed E-state index contributed by atoms with van der Waals surface area (Å²) in [5.74, 6) is 0.521. The van der Waals surface area contributed by atoms with Gasteiger partial charge in [-0.25, -0.2) is 0 Å². The molecular weight excluding hydrogens is 180 g/mol. The van der Waals surface area contributed by atoms with Crippen LogP contribution < -0.4 is 0 Å². The maximum Gasteiger partial charge on any atom is 0.189 e. The highest BCUT2D eigenvalue weighted by molar-refractivity contribution is 8.14. The van der Waals surface area contributed by atoms with Crippen LogP contribution in [-0.2, 0) is 4.79 Å². The zero-order valence-electron chi connectivity index (χ0n) is 8.45. The van der Waals surface area contributed by atoms with Gasteiger partial charge in [0.15, 0.2) is 5.12 Å². The molecule has 0 fully saturated rings. The Morgan fingerprint density at radius 3 is 2.92 bits per heavy atom. The van der Waals surface area contributed by atoms with E-state index in [1.807, 2.05) is 0 Å². The molecule has 0 saturated carbocycles. The molecule has 0 aliphatic heterocycles. The molecule has 0 aromatic heterocycles. The molecule has 1 aliphatic carbocycles. The van der Waals surface area contributed by atoms with E-state index in [1.54, 1.807) is 0 Å². The van der Waals surface area contributed by atoms with E-state index in [2.05, 4.69) is 26.0 Å². The van der Waals surface area contributed by atoms with Gasteiger partial charge in [0.05, 0.1) is 0 Å². The molecule has 0 aromatic rings. The van der Waals surface area contributed by atoms with Gasteiger partial charge in [0, 0.05) is 11.7 Å². The second-order valence-corrected chi connectivity index (χ2v) is 5.50. The third kappa shape index (κ3) is 4.51. The lowest BCUT2D eigenvalue weighted by atomic mass is 9.94. The average molecular weight is 198 g/mol. The van der Waals surface area contributed by atoms with Crippen LogP contribution in [0.1, 0.15) is 39.5 Å². The molecule has 0 radical (unpaired) electrons. The van der Waals surface area contributed by atoms with Crippen molar-refractivity contribution in [2.24, 2.45) is 5.92 Å². The van der Waals surface area contributed by atoms with Crippen molar-refractivity contribution in [2.75, 3.05) is 0 Å². The van der Waals surface area contributed by atoms with E-state index in [-0.39, 0.29) is 0 Å². The minimum Gasteiger partial charge on any atom is -0.287 e. The number of rotatable bonds is 3. The molecule has 0 N–H and O–H groups in total. The van der Waals surface area contributed by atoms with Crippen molar-refractivity contribution in [3.05, 3.63) is 12.2 Å². The van der Waals surface area contributed by atoms with Gasteiger partial charge in [-0.3, -0.25) is 4.79 Å². The molecule has 0 heterocycles. The van der Waals surface area contributed by atoms with Gasteiger partial charge in [0.1, 0.15) is 0 Å². The first-order valence-electron chi connectivity index (χ1n) is 5.04. The second kappa shape index (κ2) is 5.48. The summed E-state index contributed by atoms with van der Waals surface area (Å²) < 4.78 is 0. The van der Waals surface area contributed by atoms with Crippen molar-refractivity contribution >= 4 is 16.9 Å². The van der Waals surface area contributed by atoms with E-state index in [4.69, 9.17) is 0 Å². The van der Waals surface area contributed by atoms with Crippen LogP contribution in [0, 0.1) is 5.92 Å². The SMILES string of the molecule is CC(C)SC(=O)C[C@H]1C=CCCC1. The van der Waals surface area contributed by atoms with Gasteiger partial charge >= 0.3 is 0 Å². The summed E-state index contributed by atoms with van der Waals surface area (Å²) >= 11 is 1.48. The van der Waals surface area contributed by atoms with E-state index in [0.29, 0.717) is 16.3 Å². The molecule has 74 valence electrons. The molecule has 0 aromatic carbocycles. The maximum absolute atomic E-state index is 11.5. The Kier molecular flexibility index (Phi) is 4.57. The monoisotopic (exact) mass is 198 g/mol. The fraction of sp³-hybridized carbons (Fsp3) is 0.727. The Labute approximate surface area is 85.0 Å². The Hall–Kier alpha value is -0.240. The lowest BCUT2D eigenvalue weighted by molar-refractivity contribution is -0.111. The van der Waals surface area contributed by atoms with Crippen LogP contribution in [0.25, 0.3) is 0 Å². The lowest BCUT2D eigenvalue weighted by Gasteiger charge is -2.15. The molecule has 1 atom stereocenters. The normalized spacial score (nSPS) is 22.2. The van der Waals surface area contributed by atoms with Crippen molar-refractivity contribution in [2.45, 2.75) is 44.8 Å². The summed E-state index contributed by atoms with van der Waals surface area (Å²) in [4.78, 5) is 11.5. The quantitative estimate of drug-likeness (QED) is 0.646. The summed E-state index contributed by atoms with van der Waals surface area (Å²) in [5, 5.41) is 0.784. The molecule has 0 unspecified atom stereocenters. The fourth-order valence-electron chi connectivity index (χ4n) is 1.58. The molecule has 1 nitrogen and oxygen atoms in total. The van der Waals surface area contributed by atoms with E-state index in [0.717, 1.165) is 6.42 Å². The summed E-state index contributed by atoms with van der Waals surface area (Å²) in [6.07, 6.45) is 8.80. The number of hydrogen-bond acceptors (Lipinski definition) is 2. The van der Waals surface area contributed by atoms with Crippen LogP contribution in [0.4, 0.5) is 0 Å². The highest BCUT2D eigenvalue weighted by Gasteiger charge is 2.14. The highest BCUT2D eigenvalue weighted by Crippen LogP contribution is 2.24. The number of allylic oxidation sites excluding steroid dienone is 2. The summed E-state index contributed by atoms with van der Waals surface area (Å²) in [5.41, 5.74) is 0. The third-order valence-electron chi connectivity index (χ3n) is 2.15. The summed E-state index contributed by atoms with van der Waals surface area (Å²) in [6.45, 7) is 4.14. The molecular formula is C11H18OS. The van der Waals surface area contributed by atoms with Crippen LogP contribution in [-0.4, -0.2) is 10.4 Å². The Morgan fingerprint density at radius 1 is 1.62 bits per heavy atom.